The van der Waals surface area contributed by atoms with Crippen LogP contribution in [0.3, 0.4) is 0 Å². The Labute approximate surface area is 138 Å². The number of hydrogen-bond acceptors (Lipinski definition) is 3. The Morgan fingerprint density at radius 2 is 2.13 bits per heavy atom. The molecule has 1 saturated heterocycles. The Kier molecular flexibility index (Phi) is 6.44. The van der Waals surface area contributed by atoms with Crippen molar-refractivity contribution in [2.75, 3.05) is 25.4 Å². The van der Waals surface area contributed by atoms with Gasteiger partial charge in [-0.1, -0.05) is 25.1 Å². The molecule has 0 spiro atoms. The number of benzene rings is 1. The molecule has 5 nitrogen and oxygen atoms in total. The van der Waals surface area contributed by atoms with Crippen molar-refractivity contribution in [1.29, 1.82) is 0 Å². The maximum atomic E-state index is 12.4. The second-order valence-electron chi connectivity index (χ2n) is 6.17. The van der Waals surface area contributed by atoms with Crippen LogP contribution in [0.5, 0.6) is 0 Å². The van der Waals surface area contributed by atoms with Gasteiger partial charge in [-0.05, 0) is 37.3 Å². The fourth-order valence-corrected chi connectivity index (χ4v) is 2.97. The molecular weight excluding hydrogens is 290 g/mol. The minimum absolute atomic E-state index is 0.0685. The summed E-state index contributed by atoms with van der Waals surface area (Å²) in [4.78, 5) is 26.3. The Morgan fingerprint density at radius 1 is 1.35 bits per heavy atom. The minimum Gasteiger partial charge on any atom is -0.399 e. The molecule has 1 aliphatic heterocycles. The first-order valence-electron chi connectivity index (χ1n) is 8.50. The molecule has 1 aromatic rings. The van der Waals surface area contributed by atoms with Gasteiger partial charge in [0.2, 0.25) is 11.8 Å². The van der Waals surface area contributed by atoms with Crippen LogP contribution in [0, 0.1) is 5.92 Å². The molecule has 1 atom stereocenters. The van der Waals surface area contributed by atoms with Gasteiger partial charge < -0.3 is 16.0 Å². The predicted octanol–water partition coefficient (Wildman–Crippen LogP) is 1.97. The van der Waals surface area contributed by atoms with Gasteiger partial charge in [0.25, 0.3) is 0 Å². The number of piperidine rings is 1. The molecule has 0 saturated carbocycles. The van der Waals surface area contributed by atoms with Gasteiger partial charge in [0.05, 0.1) is 5.92 Å². The number of anilines is 1. The van der Waals surface area contributed by atoms with E-state index >= 15 is 0 Å². The molecule has 5 heteroatoms. The lowest BCUT2D eigenvalue weighted by molar-refractivity contribution is -0.135. The van der Waals surface area contributed by atoms with E-state index in [9.17, 15) is 9.59 Å². The van der Waals surface area contributed by atoms with Crippen LogP contribution >= 0.6 is 0 Å². The molecule has 23 heavy (non-hydrogen) atoms. The smallest absolute Gasteiger partial charge is 0.224 e. The summed E-state index contributed by atoms with van der Waals surface area (Å²) in [6.07, 6.45) is 3.78. The largest absolute Gasteiger partial charge is 0.399 e. The number of nitrogen functional groups attached to an aromatic ring is 1. The van der Waals surface area contributed by atoms with E-state index in [1.54, 1.807) is 0 Å². The van der Waals surface area contributed by atoms with Gasteiger partial charge >= 0.3 is 0 Å². The highest BCUT2D eigenvalue weighted by Gasteiger charge is 2.27. The maximum absolute atomic E-state index is 12.4. The standard InChI is InChI=1S/C18H27N3O2/c1-2-11-20-18(23)15-7-5-12-21(13-15)17(22)10-9-14-6-3-4-8-16(14)19/h3-4,6,8,15H,2,5,7,9-13,19H2,1H3,(H,20,23). The molecule has 2 amide bonds. The average molecular weight is 317 g/mol. The topological polar surface area (TPSA) is 75.4 Å². The third-order valence-corrected chi connectivity index (χ3v) is 4.36. The molecule has 1 aromatic carbocycles. The number of aryl methyl sites for hydroxylation is 1. The highest BCUT2D eigenvalue weighted by atomic mass is 16.2. The molecule has 2 rings (SSSR count). The highest BCUT2D eigenvalue weighted by molar-refractivity contribution is 5.81. The van der Waals surface area contributed by atoms with Gasteiger partial charge in [-0.15, -0.1) is 0 Å². The number of nitrogens with two attached hydrogens (primary N) is 1. The number of rotatable bonds is 6. The number of nitrogens with zero attached hydrogens (tertiary/aromatic N) is 1. The van der Waals surface area contributed by atoms with Crippen LogP contribution in [-0.4, -0.2) is 36.3 Å². The molecule has 0 aromatic heterocycles. The molecular formula is C18H27N3O2. The molecule has 1 aliphatic rings. The van der Waals surface area contributed by atoms with E-state index in [-0.39, 0.29) is 17.7 Å². The zero-order valence-electron chi connectivity index (χ0n) is 13.9. The van der Waals surface area contributed by atoms with Crippen LogP contribution in [0.2, 0.25) is 0 Å². The van der Waals surface area contributed by atoms with E-state index in [0.29, 0.717) is 25.9 Å². The number of carbonyl (C=O) groups is 2. The summed E-state index contributed by atoms with van der Waals surface area (Å²) in [5.41, 5.74) is 7.66. The maximum Gasteiger partial charge on any atom is 0.224 e. The van der Waals surface area contributed by atoms with Crippen LogP contribution in [0.25, 0.3) is 0 Å². The molecule has 1 unspecified atom stereocenters. The summed E-state index contributed by atoms with van der Waals surface area (Å²) >= 11 is 0. The van der Waals surface area contributed by atoms with Crippen LogP contribution in [0.4, 0.5) is 5.69 Å². The number of amides is 2. The van der Waals surface area contributed by atoms with Crippen LogP contribution in [-0.2, 0) is 16.0 Å². The molecule has 1 heterocycles. The van der Waals surface area contributed by atoms with Crippen molar-refractivity contribution in [3.63, 3.8) is 0 Å². The van der Waals surface area contributed by atoms with Gasteiger partial charge in [-0.2, -0.15) is 0 Å². The van der Waals surface area contributed by atoms with Crippen molar-refractivity contribution >= 4 is 17.5 Å². The summed E-state index contributed by atoms with van der Waals surface area (Å²) in [5, 5.41) is 2.93. The van der Waals surface area contributed by atoms with E-state index in [4.69, 9.17) is 5.73 Å². The lowest BCUT2D eigenvalue weighted by Gasteiger charge is -2.32. The fourth-order valence-electron chi connectivity index (χ4n) is 2.97. The normalized spacial score (nSPS) is 17.8. The van der Waals surface area contributed by atoms with Crippen molar-refractivity contribution < 1.29 is 9.59 Å². The second kappa shape index (κ2) is 8.56. The number of hydrogen-bond donors (Lipinski definition) is 2. The number of likely N-dealkylation sites (tertiary alicyclic amines) is 1. The monoisotopic (exact) mass is 317 g/mol. The third-order valence-electron chi connectivity index (χ3n) is 4.36. The summed E-state index contributed by atoms with van der Waals surface area (Å²) in [5.74, 6) is 0.124. The second-order valence-corrected chi connectivity index (χ2v) is 6.17. The third kappa shape index (κ3) is 4.98. The molecule has 1 fully saturated rings. The summed E-state index contributed by atoms with van der Waals surface area (Å²) in [7, 11) is 0. The number of nitrogens with one attached hydrogen (secondary N) is 1. The number of carbonyl (C=O) groups excluding carboxylic acids is 2. The summed E-state index contributed by atoms with van der Waals surface area (Å²) in [6.45, 7) is 4.03. The average Bonchev–Trinajstić information content (AvgIpc) is 2.58. The molecule has 0 bridgehead atoms. The van der Waals surface area contributed by atoms with E-state index in [1.165, 1.54) is 0 Å². The van der Waals surface area contributed by atoms with Gasteiger partial charge in [0.1, 0.15) is 0 Å². The molecule has 0 aliphatic carbocycles. The van der Waals surface area contributed by atoms with Crippen molar-refractivity contribution in [3.8, 4) is 0 Å². The minimum atomic E-state index is -0.0685. The van der Waals surface area contributed by atoms with Crippen molar-refractivity contribution in [3.05, 3.63) is 29.8 Å². The Bertz CT molecular complexity index is 545. The Hall–Kier alpha value is -2.04. The van der Waals surface area contributed by atoms with Crippen molar-refractivity contribution in [1.82, 2.24) is 10.2 Å². The van der Waals surface area contributed by atoms with Crippen LogP contribution in [0.1, 0.15) is 38.2 Å². The molecule has 3 N–H and O–H groups in total. The van der Waals surface area contributed by atoms with E-state index in [1.807, 2.05) is 36.1 Å². The Balaban J connectivity index is 1.84. The van der Waals surface area contributed by atoms with Crippen molar-refractivity contribution in [2.24, 2.45) is 5.92 Å². The zero-order chi connectivity index (χ0) is 16.7. The highest BCUT2D eigenvalue weighted by Crippen LogP contribution is 2.19. The molecule has 0 radical (unpaired) electrons. The van der Waals surface area contributed by atoms with E-state index in [0.717, 1.165) is 37.1 Å². The quantitative estimate of drug-likeness (QED) is 0.788. The van der Waals surface area contributed by atoms with Gasteiger partial charge in [0, 0.05) is 31.7 Å². The van der Waals surface area contributed by atoms with E-state index in [2.05, 4.69) is 5.32 Å². The lowest BCUT2D eigenvalue weighted by Crippen LogP contribution is -2.45. The SMILES string of the molecule is CCCNC(=O)C1CCCN(C(=O)CCc2ccccc2N)C1. The zero-order valence-corrected chi connectivity index (χ0v) is 13.9. The van der Waals surface area contributed by atoms with Crippen molar-refractivity contribution in [2.45, 2.75) is 39.0 Å². The first-order valence-corrected chi connectivity index (χ1v) is 8.50. The summed E-state index contributed by atoms with van der Waals surface area (Å²) < 4.78 is 0. The lowest BCUT2D eigenvalue weighted by atomic mass is 9.96. The number of para-hydroxylation sites is 1. The Morgan fingerprint density at radius 3 is 2.87 bits per heavy atom. The van der Waals surface area contributed by atoms with Gasteiger partial charge in [0.15, 0.2) is 0 Å². The summed E-state index contributed by atoms with van der Waals surface area (Å²) in [6, 6.07) is 7.64. The first kappa shape index (κ1) is 17.3. The van der Waals surface area contributed by atoms with Gasteiger partial charge in [-0.25, -0.2) is 0 Å². The first-order chi connectivity index (χ1) is 11.1. The van der Waals surface area contributed by atoms with Gasteiger partial charge in [-0.3, -0.25) is 9.59 Å². The molecule has 126 valence electrons. The fraction of sp³-hybridized carbons (Fsp3) is 0.556. The predicted molar refractivity (Wildman–Crippen MR) is 91.8 cm³/mol. The van der Waals surface area contributed by atoms with E-state index < -0.39 is 0 Å². The van der Waals surface area contributed by atoms with Crippen LogP contribution < -0.4 is 11.1 Å². The van der Waals surface area contributed by atoms with Crippen LogP contribution in [0.15, 0.2) is 24.3 Å².